The largest absolute Gasteiger partial charge is 0.381 e. The summed E-state index contributed by atoms with van der Waals surface area (Å²) in [5.74, 6) is -1.23. The van der Waals surface area contributed by atoms with E-state index in [2.05, 4.69) is 15.5 Å². The van der Waals surface area contributed by atoms with Crippen LogP contribution in [0.4, 0.5) is 27.6 Å². The van der Waals surface area contributed by atoms with Gasteiger partial charge in [0.1, 0.15) is 11.4 Å². The van der Waals surface area contributed by atoms with Crippen molar-refractivity contribution in [2.24, 2.45) is 11.8 Å². The number of piperidine rings is 1. The first-order valence-corrected chi connectivity index (χ1v) is 12.9. The quantitative estimate of drug-likeness (QED) is 0.469. The Labute approximate surface area is 217 Å². The molecule has 4 atom stereocenters. The average Bonchev–Trinajstić information content (AvgIpc) is 3.62. The van der Waals surface area contributed by atoms with E-state index in [0.717, 1.165) is 42.8 Å². The fourth-order valence-electron chi connectivity index (χ4n) is 6.17. The van der Waals surface area contributed by atoms with Crippen LogP contribution in [0.5, 0.6) is 0 Å². The van der Waals surface area contributed by atoms with Gasteiger partial charge in [0.2, 0.25) is 0 Å². The van der Waals surface area contributed by atoms with E-state index >= 15 is 0 Å². The number of nitrogens with one attached hydrogen (secondary N) is 2. The first kappa shape index (κ1) is 26.6. The van der Waals surface area contributed by atoms with Crippen molar-refractivity contribution in [3.05, 3.63) is 63.3 Å². The number of pyridine rings is 1. The van der Waals surface area contributed by atoms with Gasteiger partial charge in [0.15, 0.2) is 0 Å². The highest BCUT2D eigenvalue weighted by molar-refractivity contribution is 5.99. The summed E-state index contributed by atoms with van der Waals surface area (Å²) in [6.45, 7) is 3.17. The van der Waals surface area contributed by atoms with Crippen LogP contribution in [0, 0.1) is 17.7 Å². The van der Waals surface area contributed by atoms with Gasteiger partial charge in [-0.1, -0.05) is 18.2 Å². The normalized spacial score (nSPS) is 25.0. The van der Waals surface area contributed by atoms with Crippen molar-refractivity contribution in [2.75, 3.05) is 25.5 Å². The lowest BCUT2D eigenvalue weighted by atomic mass is 9.92. The predicted octanol–water partition coefficient (Wildman–Crippen LogP) is 4.92. The molecule has 5 rings (SSSR count). The third-order valence-corrected chi connectivity index (χ3v) is 8.39. The standard InChI is InChI=1S/C27H31F5N4O2/c1-14(17-4-3-5-18(22(17)28)24(29)30)33-25(38)19-13-36(27(8-9-27)26(31)32)21(37)10-20(19)34-23-15-6-7-16(23)12-35(2)11-15/h3-5,10,13-16,23-24,26,34H,6-9,11-12H2,1-2H3,(H,33,38)/t14-,15-,16+,23?/m1/s1. The Kier molecular flexibility index (Phi) is 7.00. The summed E-state index contributed by atoms with van der Waals surface area (Å²) in [7, 11) is 2.05. The number of amides is 1. The molecule has 38 heavy (non-hydrogen) atoms. The zero-order chi connectivity index (χ0) is 27.4. The average molecular weight is 539 g/mol. The number of anilines is 1. The minimum absolute atomic E-state index is 0.00979. The molecule has 0 radical (unpaired) electrons. The molecule has 3 aliphatic rings. The number of rotatable bonds is 8. The lowest BCUT2D eigenvalue weighted by Gasteiger charge is -2.37. The maximum Gasteiger partial charge on any atom is 0.266 e. The number of hydrogen-bond acceptors (Lipinski definition) is 4. The van der Waals surface area contributed by atoms with Crippen molar-refractivity contribution in [3.63, 3.8) is 0 Å². The maximum absolute atomic E-state index is 14.7. The Morgan fingerprint density at radius 1 is 1.08 bits per heavy atom. The molecule has 2 aromatic rings. The summed E-state index contributed by atoms with van der Waals surface area (Å²) in [5.41, 5.74) is -2.98. The molecule has 1 amide bonds. The fourth-order valence-corrected chi connectivity index (χ4v) is 6.17. The Morgan fingerprint density at radius 2 is 1.71 bits per heavy atom. The second-order valence-corrected chi connectivity index (χ2v) is 10.9. The molecule has 6 nitrogen and oxygen atoms in total. The zero-order valence-corrected chi connectivity index (χ0v) is 21.2. The Morgan fingerprint density at radius 3 is 2.29 bits per heavy atom. The number of hydrogen-bond donors (Lipinski definition) is 2. The second-order valence-electron chi connectivity index (χ2n) is 10.9. The smallest absolute Gasteiger partial charge is 0.266 e. The molecule has 1 saturated heterocycles. The van der Waals surface area contributed by atoms with Gasteiger partial charge in [0, 0.05) is 37.0 Å². The number of alkyl halides is 4. The van der Waals surface area contributed by atoms with E-state index in [9.17, 15) is 31.5 Å². The number of aromatic nitrogens is 1. The zero-order valence-electron chi connectivity index (χ0n) is 21.2. The minimum Gasteiger partial charge on any atom is -0.381 e. The molecule has 2 aliphatic carbocycles. The Bertz CT molecular complexity index is 1260. The van der Waals surface area contributed by atoms with Gasteiger partial charge in [-0.15, -0.1) is 0 Å². The monoisotopic (exact) mass is 538 g/mol. The maximum atomic E-state index is 14.7. The molecule has 1 aliphatic heterocycles. The Hall–Kier alpha value is -2.95. The number of carbonyl (C=O) groups excluding carboxylic acids is 1. The fraction of sp³-hybridized carbons (Fsp3) is 0.556. The first-order chi connectivity index (χ1) is 18.0. The summed E-state index contributed by atoms with van der Waals surface area (Å²) >= 11 is 0. The molecule has 1 aromatic heterocycles. The van der Waals surface area contributed by atoms with Gasteiger partial charge in [-0.2, -0.15) is 0 Å². The SMILES string of the molecule is C[C@@H](NC(=O)c1cn(C2(C(F)F)CC2)c(=O)cc1NC1[C@@H]2CC[C@H]1CN(C)C2)c1cccc(C(F)F)c1F. The van der Waals surface area contributed by atoms with Crippen LogP contribution in [0.3, 0.4) is 0 Å². The van der Waals surface area contributed by atoms with Gasteiger partial charge in [-0.05, 0) is 51.5 Å². The molecule has 2 saturated carbocycles. The molecular formula is C27H31F5N4O2. The third kappa shape index (κ3) is 4.69. The van der Waals surface area contributed by atoms with Crippen LogP contribution in [0.2, 0.25) is 0 Å². The Balaban J connectivity index is 1.49. The first-order valence-electron chi connectivity index (χ1n) is 12.9. The van der Waals surface area contributed by atoms with E-state index in [1.54, 1.807) is 0 Å². The highest BCUT2D eigenvalue weighted by Crippen LogP contribution is 2.48. The molecular weight excluding hydrogens is 507 g/mol. The second kappa shape index (κ2) is 9.98. The van der Waals surface area contributed by atoms with Gasteiger partial charge in [-0.25, -0.2) is 22.0 Å². The summed E-state index contributed by atoms with van der Waals surface area (Å²) in [6, 6.07) is 3.77. The molecule has 11 heteroatoms. The van der Waals surface area contributed by atoms with Gasteiger partial charge < -0.3 is 20.1 Å². The molecule has 3 fully saturated rings. The van der Waals surface area contributed by atoms with Crippen LogP contribution in [0.1, 0.15) is 66.6 Å². The number of benzene rings is 1. The van der Waals surface area contributed by atoms with Gasteiger partial charge in [0.05, 0.1) is 22.9 Å². The molecule has 2 bridgehead atoms. The topological polar surface area (TPSA) is 66.4 Å². The third-order valence-electron chi connectivity index (χ3n) is 8.39. The van der Waals surface area contributed by atoms with Crippen molar-refractivity contribution in [1.29, 1.82) is 0 Å². The molecule has 0 spiro atoms. The van der Waals surface area contributed by atoms with Crippen LogP contribution in [0.25, 0.3) is 0 Å². The summed E-state index contributed by atoms with van der Waals surface area (Å²) in [5, 5.41) is 5.98. The summed E-state index contributed by atoms with van der Waals surface area (Å²) in [4.78, 5) is 28.7. The molecule has 2 N–H and O–H groups in total. The molecule has 206 valence electrons. The van der Waals surface area contributed by atoms with Gasteiger partial charge in [-0.3, -0.25) is 9.59 Å². The lowest BCUT2D eigenvalue weighted by Crippen LogP contribution is -2.47. The van der Waals surface area contributed by atoms with E-state index < -0.39 is 47.3 Å². The van der Waals surface area contributed by atoms with Crippen molar-refractivity contribution in [1.82, 2.24) is 14.8 Å². The van der Waals surface area contributed by atoms with Crippen LogP contribution >= 0.6 is 0 Å². The highest BCUT2D eigenvalue weighted by Gasteiger charge is 2.54. The predicted molar refractivity (Wildman–Crippen MR) is 132 cm³/mol. The van der Waals surface area contributed by atoms with E-state index in [1.165, 1.54) is 25.1 Å². The van der Waals surface area contributed by atoms with Crippen molar-refractivity contribution in [2.45, 2.75) is 63.1 Å². The van der Waals surface area contributed by atoms with E-state index in [4.69, 9.17) is 0 Å². The number of halogens is 5. The number of fused-ring (bicyclic) bond motifs is 2. The van der Waals surface area contributed by atoms with Crippen molar-refractivity contribution >= 4 is 11.6 Å². The van der Waals surface area contributed by atoms with Gasteiger partial charge in [0.25, 0.3) is 24.3 Å². The van der Waals surface area contributed by atoms with Crippen LogP contribution < -0.4 is 16.2 Å². The van der Waals surface area contributed by atoms with Crippen molar-refractivity contribution < 1.29 is 26.7 Å². The van der Waals surface area contributed by atoms with E-state index in [-0.39, 0.29) is 35.7 Å². The van der Waals surface area contributed by atoms with E-state index in [0.29, 0.717) is 11.8 Å². The molecule has 2 heterocycles. The number of carbonyl (C=O) groups is 1. The summed E-state index contributed by atoms with van der Waals surface area (Å²) < 4.78 is 69.8. The minimum atomic E-state index is -3.02. The summed E-state index contributed by atoms with van der Waals surface area (Å²) in [6.07, 6.45) is -2.43. The van der Waals surface area contributed by atoms with Crippen LogP contribution in [-0.4, -0.2) is 48.0 Å². The van der Waals surface area contributed by atoms with Gasteiger partial charge >= 0.3 is 0 Å². The lowest BCUT2D eigenvalue weighted by molar-refractivity contribution is 0.0648. The number of nitrogens with zero attached hydrogens (tertiary/aromatic N) is 2. The number of likely N-dealkylation sites (tertiary alicyclic amines) is 1. The van der Waals surface area contributed by atoms with E-state index in [1.807, 2.05) is 7.05 Å². The molecule has 1 aromatic carbocycles. The van der Waals surface area contributed by atoms with Crippen molar-refractivity contribution in [3.8, 4) is 0 Å². The van der Waals surface area contributed by atoms with Crippen LogP contribution in [0.15, 0.2) is 35.3 Å². The molecule has 1 unspecified atom stereocenters. The van der Waals surface area contributed by atoms with Crippen LogP contribution in [-0.2, 0) is 5.54 Å². The highest BCUT2D eigenvalue weighted by atomic mass is 19.3.